The number of aromatic nitrogens is 3. The first-order valence-electron chi connectivity index (χ1n) is 8.74. The minimum Gasteiger partial charge on any atom is -0.493 e. The standard InChI is InChI=1S/C18H20N4O7S/c1-10-7-15(21-28-10)19-18(23)11(2)30(24,25)9-16-20-17(22-29-16)12-5-6-13(26-3)14(8-12)27-4/h5-8,11H,9H2,1-4H3,(H,19,21,23). The molecule has 11 nitrogen and oxygen atoms in total. The van der Waals surface area contributed by atoms with E-state index in [1.54, 1.807) is 25.1 Å². The van der Waals surface area contributed by atoms with E-state index in [4.69, 9.17) is 18.5 Å². The van der Waals surface area contributed by atoms with Gasteiger partial charge in [0.2, 0.25) is 17.6 Å². The van der Waals surface area contributed by atoms with Gasteiger partial charge in [-0.25, -0.2) is 8.42 Å². The number of hydrogen-bond acceptors (Lipinski definition) is 10. The van der Waals surface area contributed by atoms with Gasteiger partial charge in [-0.05, 0) is 32.0 Å². The van der Waals surface area contributed by atoms with Crippen molar-refractivity contribution in [2.75, 3.05) is 19.5 Å². The van der Waals surface area contributed by atoms with Gasteiger partial charge in [-0.15, -0.1) is 0 Å². The molecule has 0 aliphatic carbocycles. The molecule has 0 fully saturated rings. The number of nitrogens with zero attached hydrogens (tertiary/aromatic N) is 3. The summed E-state index contributed by atoms with van der Waals surface area (Å²) in [6, 6.07) is 6.46. The Hall–Kier alpha value is -3.41. The minimum atomic E-state index is -3.93. The zero-order valence-electron chi connectivity index (χ0n) is 16.7. The molecule has 0 bridgehead atoms. The zero-order chi connectivity index (χ0) is 21.9. The van der Waals surface area contributed by atoms with E-state index in [1.165, 1.54) is 27.2 Å². The van der Waals surface area contributed by atoms with Gasteiger partial charge in [-0.1, -0.05) is 10.3 Å². The van der Waals surface area contributed by atoms with Gasteiger partial charge >= 0.3 is 0 Å². The molecule has 0 aliphatic rings. The monoisotopic (exact) mass is 436 g/mol. The number of aryl methyl sites for hydroxylation is 1. The van der Waals surface area contributed by atoms with Crippen LogP contribution in [0, 0.1) is 6.92 Å². The van der Waals surface area contributed by atoms with Crippen molar-refractivity contribution in [2.45, 2.75) is 24.9 Å². The maximum Gasteiger partial charge on any atom is 0.243 e. The number of rotatable bonds is 8. The molecule has 12 heteroatoms. The molecule has 0 saturated heterocycles. The van der Waals surface area contributed by atoms with E-state index in [9.17, 15) is 13.2 Å². The van der Waals surface area contributed by atoms with E-state index >= 15 is 0 Å². The SMILES string of the molecule is COc1ccc(-c2noc(CS(=O)(=O)C(C)C(=O)Nc3cc(C)on3)n2)cc1OC. The number of ether oxygens (including phenoxy) is 2. The molecule has 0 spiro atoms. The normalized spacial score (nSPS) is 12.4. The maximum absolute atomic E-state index is 12.6. The second kappa shape index (κ2) is 8.53. The molecule has 0 saturated carbocycles. The summed E-state index contributed by atoms with van der Waals surface area (Å²) in [4.78, 5) is 16.4. The number of benzene rings is 1. The molecule has 1 unspecified atom stereocenters. The van der Waals surface area contributed by atoms with Gasteiger partial charge < -0.3 is 23.8 Å². The summed E-state index contributed by atoms with van der Waals surface area (Å²) in [6.07, 6.45) is 0. The summed E-state index contributed by atoms with van der Waals surface area (Å²) in [5.41, 5.74) is 0.548. The highest BCUT2D eigenvalue weighted by molar-refractivity contribution is 7.92. The number of nitrogens with one attached hydrogen (secondary N) is 1. The first-order chi connectivity index (χ1) is 14.2. The highest BCUT2D eigenvalue weighted by Gasteiger charge is 2.31. The fourth-order valence-electron chi connectivity index (χ4n) is 2.52. The quantitative estimate of drug-likeness (QED) is 0.556. The van der Waals surface area contributed by atoms with E-state index < -0.39 is 26.7 Å². The van der Waals surface area contributed by atoms with Crippen molar-refractivity contribution in [1.29, 1.82) is 0 Å². The zero-order valence-corrected chi connectivity index (χ0v) is 17.5. The van der Waals surface area contributed by atoms with Crippen molar-refractivity contribution in [3.05, 3.63) is 35.9 Å². The van der Waals surface area contributed by atoms with Crippen LogP contribution in [0.4, 0.5) is 5.82 Å². The second-order valence-electron chi connectivity index (χ2n) is 6.34. The lowest BCUT2D eigenvalue weighted by molar-refractivity contribution is -0.115. The lowest BCUT2D eigenvalue weighted by atomic mass is 10.2. The average molecular weight is 436 g/mol. The van der Waals surface area contributed by atoms with Crippen molar-refractivity contribution >= 4 is 21.6 Å². The van der Waals surface area contributed by atoms with Crippen molar-refractivity contribution in [2.24, 2.45) is 0 Å². The van der Waals surface area contributed by atoms with Gasteiger partial charge in [0.25, 0.3) is 0 Å². The molecule has 1 aromatic carbocycles. The Balaban J connectivity index is 1.73. The van der Waals surface area contributed by atoms with Crippen molar-refractivity contribution in [3.8, 4) is 22.9 Å². The van der Waals surface area contributed by atoms with E-state index in [-0.39, 0.29) is 17.5 Å². The Morgan fingerprint density at radius 3 is 2.50 bits per heavy atom. The summed E-state index contributed by atoms with van der Waals surface area (Å²) < 4.78 is 45.5. The summed E-state index contributed by atoms with van der Waals surface area (Å²) in [6.45, 7) is 2.91. The van der Waals surface area contributed by atoms with E-state index in [2.05, 4.69) is 20.6 Å². The predicted octanol–water partition coefficient (Wildman–Crippen LogP) is 1.99. The first-order valence-corrected chi connectivity index (χ1v) is 10.5. The molecule has 160 valence electrons. The van der Waals surface area contributed by atoms with E-state index in [0.29, 0.717) is 22.8 Å². The third kappa shape index (κ3) is 4.59. The van der Waals surface area contributed by atoms with E-state index in [1.807, 2.05) is 0 Å². The van der Waals surface area contributed by atoms with Crippen molar-refractivity contribution < 1.29 is 31.7 Å². The van der Waals surface area contributed by atoms with Crippen LogP contribution in [0.15, 0.2) is 33.3 Å². The number of sulfone groups is 1. The average Bonchev–Trinajstić information content (AvgIpc) is 3.35. The van der Waals surface area contributed by atoms with Crippen LogP contribution in [0.2, 0.25) is 0 Å². The Morgan fingerprint density at radius 2 is 1.87 bits per heavy atom. The number of hydrogen-bond donors (Lipinski definition) is 1. The highest BCUT2D eigenvalue weighted by Crippen LogP contribution is 2.31. The Bertz CT molecular complexity index is 1150. The van der Waals surface area contributed by atoms with Crippen LogP contribution in [0.25, 0.3) is 11.4 Å². The third-order valence-corrected chi connectivity index (χ3v) is 6.16. The van der Waals surface area contributed by atoms with Crippen LogP contribution in [0.3, 0.4) is 0 Å². The minimum absolute atomic E-state index is 0.132. The lowest BCUT2D eigenvalue weighted by Gasteiger charge is -2.10. The van der Waals surface area contributed by atoms with E-state index in [0.717, 1.165) is 0 Å². The first kappa shape index (κ1) is 21.3. The topological polar surface area (TPSA) is 147 Å². The molecule has 3 aromatic rings. The van der Waals surface area contributed by atoms with Crippen LogP contribution in [0.5, 0.6) is 11.5 Å². The fourth-order valence-corrected chi connectivity index (χ4v) is 3.62. The van der Waals surface area contributed by atoms with Crippen LogP contribution < -0.4 is 14.8 Å². The number of carbonyl (C=O) groups excluding carboxylic acids is 1. The van der Waals surface area contributed by atoms with Crippen molar-refractivity contribution in [1.82, 2.24) is 15.3 Å². The molecule has 1 N–H and O–H groups in total. The summed E-state index contributed by atoms with van der Waals surface area (Å²) in [7, 11) is -0.931. The van der Waals surface area contributed by atoms with Crippen LogP contribution in [-0.2, 0) is 20.4 Å². The molecule has 2 heterocycles. The summed E-state index contributed by atoms with van der Waals surface area (Å²) in [5.74, 6) is 0.287. The van der Waals surface area contributed by atoms with Gasteiger partial charge in [-0.3, -0.25) is 4.79 Å². The van der Waals surface area contributed by atoms with Crippen LogP contribution in [0.1, 0.15) is 18.6 Å². The number of anilines is 1. The molecular weight excluding hydrogens is 416 g/mol. The summed E-state index contributed by atoms with van der Waals surface area (Å²) in [5, 5.41) is 8.44. The highest BCUT2D eigenvalue weighted by atomic mass is 32.2. The lowest BCUT2D eigenvalue weighted by Crippen LogP contribution is -2.33. The van der Waals surface area contributed by atoms with Gasteiger partial charge in [0.15, 0.2) is 27.2 Å². The number of amides is 1. The summed E-state index contributed by atoms with van der Waals surface area (Å²) >= 11 is 0. The van der Waals surface area contributed by atoms with Gasteiger partial charge in [0, 0.05) is 11.6 Å². The Labute approximate surface area is 172 Å². The molecule has 1 amide bonds. The Kier molecular flexibility index (Phi) is 6.06. The third-order valence-electron chi connectivity index (χ3n) is 4.22. The molecule has 0 aliphatic heterocycles. The molecule has 30 heavy (non-hydrogen) atoms. The molecular formula is C18H20N4O7S. The molecule has 3 rings (SSSR count). The number of methoxy groups -OCH3 is 2. The largest absolute Gasteiger partial charge is 0.493 e. The fraction of sp³-hybridized carbons (Fsp3) is 0.333. The van der Waals surface area contributed by atoms with Gasteiger partial charge in [0.05, 0.1) is 14.2 Å². The van der Waals surface area contributed by atoms with Crippen LogP contribution in [-0.4, -0.2) is 49.1 Å². The molecule has 2 aromatic heterocycles. The molecule has 1 atom stereocenters. The van der Waals surface area contributed by atoms with Gasteiger partial charge in [-0.2, -0.15) is 4.98 Å². The molecule has 0 radical (unpaired) electrons. The number of carbonyl (C=O) groups is 1. The Morgan fingerprint density at radius 1 is 1.13 bits per heavy atom. The second-order valence-corrected chi connectivity index (χ2v) is 8.66. The maximum atomic E-state index is 12.6. The smallest absolute Gasteiger partial charge is 0.243 e. The van der Waals surface area contributed by atoms with Gasteiger partial charge in [0.1, 0.15) is 16.8 Å². The van der Waals surface area contributed by atoms with Crippen molar-refractivity contribution in [3.63, 3.8) is 0 Å². The van der Waals surface area contributed by atoms with Crippen LogP contribution >= 0.6 is 0 Å². The predicted molar refractivity (Wildman–Crippen MR) is 105 cm³/mol.